The lowest BCUT2D eigenvalue weighted by Gasteiger charge is -2.06. The van der Waals surface area contributed by atoms with Crippen LogP contribution in [0.2, 0.25) is 0 Å². The van der Waals surface area contributed by atoms with Crippen LogP contribution in [0.3, 0.4) is 0 Å². The van der Waals surface area contributed by atoms with Gasteiger partial charge in [-0.05, 0) is 13.3 Å². The number of nitrogens with zero attached hydrogens (tertiary/aromatic N) is 1. The van der Waals surface area contributed by atoms with Gasteiger partial charge in [0.2, 0.25) is 0 Å². The Bertz CT molecular complexity index is 649. The van der Waals surface area contributed by atoms with Gasteiger partial charge in [0.1, 0.15) is 17.0 Å². The van der Waals surface area contributed by atoms with Crippen molar-refractivity contribution in [3.63, 3.8) is 0 Å². The molecule has 142 valence electrons. The topological polar surface area (TPSA) is 55.1 Å². The van der Waals surface area contributed by atoms with Crippen LogP contribution in [0, 0.1) is 6.92 Å². The number of aryl methyl sites for hydroxylation is 1. The van der Waals surface area contributed by atoms with Crippen molar-refractivity contribution in [2.75, 3.05) is 6.54 Å². The smallest absolute Gasteiger partial charge is 0.257 e. The number of amides is 1. The number of carbonyl (C=O) groups is 1. The van der Waals surface area contributed by atoms with Crippen LogP contribution in [0.1, 0.15) is 80.8 Å². The fourth-order valence-corrected chi connectivity index (χ4v) is 3.16. The minimum Gasteiger partial charge on any atom is -0.360 e. The summed E-state index contributed by atoms with van der Waals surface area (Å²) < 4.78 is 5.26. The average Bonchev–Trinajstić information content (AvgIpc) is 3.05. The molecule has 0 aliphatic rings. The van der Waals surface area contributed by atoms with Gasteiger partial charge in [-0.1, -0.05) is 93.8 Å². The number of aromatic nitrogens is 1. The van der Waals surface area contributed by atoms with Crippen LogP contribution in [0.5, 0.6) is 0 Å². The quantitative estimate of drug-likeness (QED) is 0.481. The first-order valence-electron chi connectivity index (χ1n) is 10.0. The molecule has 0 spiro atoms. The van der Waals surface area contributed by atoms with Crippen LogP contribution in [0.15, 0.2) is 34.9 Å². The van der Waals surface area contributed by atoms with Crippen molar-refractivity contribution in [3.8, 4) is 11.3 Å². The van der Waals surface area contributed by atoms with E-state index in [1.165, 1.54) is 51.4 Å². The Morgan fingerprint density at radius 2 is 1.58 bits per heavy atom. The Kier molecular flexibility index (Phi) is 8.94. The molecule has 0 saturated heterocycles. The van der Waals surface area contributed by atoms with Crippen molar-refractivity contribution in [2.45, 2.75) is 71.6 Å². The Balaban J connectivity index is 1.70. The molecule has 2 rings (SSSR count). The van der Waals surface area contributed by atoms with Gasteiger partial charge in [-0.25, -0.2) is 0 Å². The first kappa shape index (κ1) is 20.2. The summed E-state index contributed by atoms with van der Waals surface area (Å²) in [5, 5.41) is 7.09. The minimum atomic E-state index is -0.0952. The molecule has 0 fully saturated rings. The van der Waals surface area contributed by atoms with Crippen molar-refractivity contribution >= 4 is 5.91 Å². The molecule has 0 unspecified atom stereocenters. The van der Waals surface area contributed by atoms with E-state index < -0.39 is 0 Å². The fourth-order valence-electron chi connectivity index (χ4n) is 3.16. The third-order valence-electron chi connectivity index (χ3n) is 4.70. The van der Waals surface area contributed by atoms with Crippen molar-refractivity contribution in [1.29, 1.82) is 0 Å². The van der Waals surface area contributed by atoms with Crippen molar-refractivity contribution in [2.24, 2.45) is 0 Å². The number of hydrogen-bond acceptors (Lipinski definition) is 3. The lowest BCUT2D eigenvalue weighted by molar-refractivity contribution is 0.0952. The van der Waals surface area contributed by atoms with Crippen molar-refractivity contribution < 1.29 is 9.32 Å². The second-order valence-electron chi connectivity index (χ2n) is 6.91. The maximum absolute atomic E-state index is 12.5. The Labute approximate surface area is 157 Å². The summed E-state index contributed by atoms with van der Waals surface area (Å²) in [7, 11) is 0. The first-order valence-corrected chi connectivity index (χ1v) is 10.0. The van der Waals surface area contributed by atoms with Crippen LogP contribution in [0.4, 0.5) is 0 Å². The number of hydrogen-bond donors (Lipinski definition) is 1. The number of rotatable bonds is 12. The van der Waals surface area contributed by atoms with E-state index in [2.05, 4.69) is 17.4 Å². The SMILES string of the molecule is CCCCCCCCCCCNC(=O)c1c(-c2ccccc2)noc1C. The zero-order valence-electron chi connectivity index (χ0n) is 16.2. The molecule has 26 heavy (non-hydrogen) atoms. The highest BCUT2D eigenvalue weighted by Gasteiger charge is 2.20. The van der Waals surface area contributed by atoms with Gasteiger partial charge in [-0.3, -0.25) is 4.79 Å². The van der Waals surface area contributed by atoms with Crippen LogP contribution in [0.25, 0.3) is 11.3 Å². The van der Waals surface area contributed by atoms with E-state index in [9.17, 15) is 4.79 Å². The second-order valence-corrected chi connectivity index (χ2v) is 6.91. The minimum absolute atomic E-state index is 0.0952. The highest BCUT2D eigenvalue weighted by molar-refractivity contribution is 6.00. The van der Waals surface area contributed by atoms with Crippen LogP contribution in [-0.2, 0) is 0 Å². The van der Waals surface area contributed by atoms with E-state index in [0.29, 0.717) is 23.6 Å². The first-order chi connectivity index (χ1) is 12.7. The highest BCUT2D eigenvalue weighted by atomic mass is 16.5. The molecular weight excluding hydrogens is 324 g/mol. The zero-order chi connectivity index (χ0) is 18.6. The third-order valence-corrected chi connectivity index (χ3v) is 4.70. The van der Waals surface area contributed by atoms with E-state index in [4.69, 9.17) is 4.52 Å². The molecule has 2 aromatic rings. The Morgan fingerprint density at radius 3 is 2.23 bits per heavy atom. The van der Waals surface area contributed by atoms with Gasteiger partial charge < -0.3 is 9.84 Å². The molecule has 0 atom stereocenters. The predicted molar refractivity (Wildman–Crippen MR) is 106 cm³/mol. The number of carbonyl (C=O) groups excluding carboxylic acids is 1. The van der Waals surface area contributed by atoms with Gasteiger partial charge in [0.05, 0.1) is 0 Å². The summed E-state index contributed by atoms with van der Waals surface area (Å²) in [6.45, 7) is 4.73. The summed E-state index contributed by atoms with van der Waals surface area (Å²) >= 11 is 0. The molecule has 1 amide bonds. The summed E-state index contributed by atoms with van der Waals surface area (Å²) in [6.07, 6.45) is 11.5. The Morgan fingerprint density at radius 1 is 0.962 bits per heavy atom. The van der Waals surface area contributed by atoms with Crippen LogP contribution >= 0.6 is 0 Å². The zero-order valence-corrected chi connectivity index (χ0v) is 16.2. The standard InChI is InChI=1S/C22H32N2O2/c1-3-4-5-6-7-8-9-10-14-17-23-22(25)20-18(2)26-24-21(20)19-15-12-11-13-16-19/h11-13,15-16H,3-10,14,17H2,1-2H3,(H,23,25). The van der Waals surface area contributed by atoms with Gasteiger partial charge >= 0.3 is 0 Å². The number of nitrogens with one attached hydrogen (secondary N) is 1. The largest absolute Gasteiger partial charge is 0.360 e. The molecule has 1 aromatic carbocycles. The average molecular weight is 357 g/mol. The normalized spacial score (nSPS) is 10.8. The molecule has 0 bridgehead atoms. The lowest BCUT2D eigenvalue weighted by Crippen LogP contribution is -2.25. The highest BCUT2D eigenvalue weighted by Crippen LogP contribution is 2.24. The monoisotopic (exact) mass is 356 g/mol. The van der Waals surface area contributed by atoms with Gasteiger partial charge in [-0.2, -0.15) is 0 Å². The molecule has 4 heteroatoms. The summed E-state index contributed by atoms with van der Waals surface area (Å²) in [4.78, 5) is 12.5. The molecule has 1 heterocycles. The maximum Gasteiger partial charge on any atom is 0.257 e. The van der Waals surface area contributed by atoms with Gasteiger partial charge in [-0.15, -0.1) is 0 Å². The third kappa shape index (κ3) is 6.32. The molecule has 0 aliphatic heterocycles. The molecule has 0 saturated carbocycles. The van der Waals surface area contributed by atoms with E-state index in [-0.39, 0.29) is 5.91 Å². The second kappa shape index (κ2) is 11.5. The predicted octanol–water partition coefficient (Wildman–Crippen LogP) is 5.91. The number of unbranched alkanes of at least 4 members (excludes halogenated alkanes) is 8. The van der Waals surface area contributed by atoms with Crippen LogP contribution in [-0.4, -0.2) is 17.6 Å². The number of benzene rings is 1. The van der Waals surface area contributed by atoms with Gasteiger partial charge in [0, 0.05) is 12.1 Å². The molecule has 1 N–H and O–H groups in total. The molecule has 1 aromatic heterocycles. The summed E-state index contributed by atoms with van der Waals surface area (Å²) in [5.41, 5.74) is 2.07. The van der Waals surface area contributed by atoms with Gasteiger partial charge in [0.25, 0.3) is 5.91 Å². The lowest BCUT2D eigenvalue weighted by atomic mass is 10.1. The summed E-state index contributed by atoms with van der Waals surface area (Å²) in [6, 6.07) is 9.69. The maximum atomic E-state index is 12.5. The van der Waals surface area contributed by atoms with Gasteiger partial charge in [0.15, 0.2) is 0 Å². The molecule has 0 aliphatic carbocycles. The fraction of sp³-hybridized carbons (Fsp3) is 0.545. The van der Waals surface area contributed by atoms with Crippen molar-refractivity contribution in [1.82, 2.24) is 10.5 Å². The van der Waals surface area contributed by atoms with E-state index in [1.54, 1.807) is 6.92 Å². The van der Waals surface area contributed by atoms with Crippen molar-refractivity contribution in [3.05, 3.63) is 41.7 Å². The molecular formula is C22H32N2O2. The molecule has 4 nitrogen and oxygen atoms in total. The van der Waals surface area contributed by atoms with E-state index >= 15 is 0 Å². The summed E-state index contributed by atoms with van der Waals surface area (Å²) in [5.74, 6) is 0.468. The van der Waals surface area contributed by atoms with E-state index in [0.717, 1.165) is 12.0 Å². The van der Waals surface area contributed by atoms with E-state index in [1.807, 2.05) is 30.3 Å². The molecule has 0 radical (unpaired) electrons. The van der Waals surface area contributed by atoms with Crippen LogP contribution < -0.4 is 5.32 Å². The Hall–Kier alpha value is -2.10.